The molecule has 3 aromatic carbocycles. The quantitative estimate of drug-likeness (QED) is 0.414. The number of hydrogen-bond acceptors (Lipinski definition) is 4. The lowest BCUT2D eigenvalue weighted by Gasteiger charge is -2.11. The minimum atomic E-state index is -0.337. The Morgan fingerprint density at radius 2 is 1.55 bits per heavy atom. The van der Waals surface area contributed by atoms with E-state index in [0.717, 1.165) is 5.75 Å². The van der Waals surface area contributed by atoms with Gasteiger partial charge >= 0.3 is 0 Å². The van der Waals surface area contributed by atoms with E-state index in [4.69, 9.17) is 33.3 Å². The van der Waals surface area contributed by atoms with E-state index in [1.54, 1.807) is 48.5 Å². The van der Waals surface area contributed by atoms with E-state index >= 15 is 0 Å². The summed E-state index contributed by atoms with van der Waals surface area (Å²) in [5, 5.41) is 6.32. The van der Waals surface area contributed by atoms with Gasteiger partial charge in [0.25, 0.3) is 5.91 Å². The Labute approximate surface area is 179 Å². The van der Waals surface area contributed by atoms with Crippen molar-refractivity contribution in [1.82, 2.24) is 5.32 Å². The Morgan fingerprint density at radius 3 is 2.31 bits per heavy atom. The molecule has 0 bridgehead atoms. The van der Waals surface area contributed by atoms with Crippen molar-refractivity contribution in [3.8, 4) is 11.5 Å². The van der Waals surface area contributed by atoms with Gasteiger partial charge in [-0.15, -0.1) is 0 Å². The van der Waals surface area contributed by atoms with Crippen LogP contribution in [0, 0.1) is 0 Å². The molecular weight excluding hydrogens is 408 g/mol. The molecule has 0 unspecified atom stereocenters. The molecule has 0 aliphatic carbocycles. The highest BCUT2D eigenvalue weighted by Crippen LogP contribution is 2.16. The van der Waals surface area contributed by atoms with Crippen LogP contribution in [0.15, 0.2) is 78.9 Å². The number of carbonyl (C=O) groups is 1. The molecule has 5 nitrogen and oxygen atoms in total. The van der Waals surface area contributed by atoms with Gasteiger partial charge in [0.15, 0.2) is 5.11 Å². The van der Waals surface area contributed by atoms with E-state index in [9.17, 15) is 4.79 Å². The lowest BCUT2D eigenvalue weighted by Crippen LogP contribution is -2.34. The van der Waals surface area contributed by atoms with E-state index in [-0.39, 0.29) is 11.0 Å². The molecule has 0 aliphatic heterocycles. The first-order chi connectivity index (χ1) is 14.1. The Hall–Kier alpha value is -3.09. The molecule has 3 rings (SSSR count). The van der Waals surface area contributed by atoms with Crippen LogP contribution in [0.4, 0.5) is 5.69 Å². The Bertz CT molecular complexity index is 983. The summed E-state index contributed by atoms with van der Waals surface area (Å²) in [5.74, 6) is 1.02. The zero-order valence-corrected chi connectivity index (χ0v) is 17.0. The van der Waals surface area contributed by atoms with Gasteiger partial charge in [0, 0.05) is 16.3 Å². The van der Waals surface area contributed by atoms with Crippen LogP contribution < -0.4 is 20.1 Å². The smallest absolute Gasteiger partial charge is 0.257 e. The minimum absolute atomic E-state index is 0.180. The van der Waals surface area contributed by atoms with Gasteiger partial charge < -0.3 is 14.8 Å². The van der Waals surface area contributed by atoms with E-state index in [2.05, 4.69) is 10.6 Å². The summed E-state index contributed by atoms with van der Waals surface area (Å²) in [6.07, 6.45) is 0. The Morgan fingerprint density at radius 1 is 0.862 bits per heavy atom. The first-order valence-corrected chi connectivity index (χ1v) is 9.67. The standard InChI is InChI=1S/C22H19ClN2O3S/c23-17-7-5-8-18(15-17)24-22(29)25-21(26)16-6-4-11-20(14-16)28-13-12-27-19-9-2-1-3-10-19/h1-11,14-15H,12-13H2,(H2,24,25,26,29). The summed E-state index contributed by atoms with van der Waals surface area (Å²) in [6.45, 7) is 0.753. The summed E-state index contributed by atoms with van der Waals surface area (Å²) in [4.78, 5) is 12.4. The highest BCUT2D eigenvalue weighted by molar-refractivity contribution is 7.80. The summed E-state index contributed by atoms with van der Waals surface area (Å²) in [5.41, 5.74) is 1.13. The third-order valence-electron chi connectivity index (χ3n) is 3.77. The van der Waals surface area contributed by atoms with Gasteiger partial charge in [-0.2, -0.15) is 0 Å². The summed E-state index contributed by atoms with van der Waals surface area (Å²) in [7, 11) is 0. The number of thiocarbonyl (C=S) groups is 1. The number of halogens is 1. The number of nitrogens with one attached hydrogen (secondary N) is 2. The number of anilines is 1. The average Bonchev–Trinajstić information content (AvgIpc) is 2.72. The molecule has 29 heavy (non-hydrogen) atoms. The molecule has 3 aromatic rings. The molecular formula is C22H19ClN2O3S. The molecule has 0 aliphatic rings. The van der Waals surface area contributed by atoms with Crippen LogP contribution in [0.25, 0.3) is 0 Å². The van der Waals surface area contributed by atoms with E-state index in [0.29, 0.717) is 35.2 Å². The van der Waals surface area contributed by atoms with Crippen molar-refractivity contribution in [2.45, 2.75) is 0 Å². The van der Waals surface area contributed by atoms with Gasteiger partial charge in [0.1, 0.15) is 24.7 Å². The first-order valence-electron chi connectivity index (χ1n) is 8.89. The number of para-hydroxylation sites is 1. The number of carbonyl (C=O) groups excluding carboxylic acids is 1. The molecule has 148 valence electrons. The van der Waals surface area contributed by atoms with Gasteiger partial charge in [-0.3, -0.25) is 10.1 Å². The maximum absolute atomic E-state index is 12.4. The predicted octanol–water partition coefficient (Wildman–Crippen LogP) is 4.92. The SMILES string of the molecule is O=C(NC(=S)Nc1cccc(Cl)c1)c1cccc(OCCOc2ccccc2)c1. The largest absolute Gasteiger partial charge is 0.490 e. The highest BCUT2D eigenvalue weighted by atomic mass is 35.5. The lowest BCUT2D eigenvalue weighted by atomic mass is 10.2. The molecule has 7 heteroatoms. The van der Waals surface area contributed by atoms with Crippen LogP contribution in [0.1, 0.15) is 10.4 Å². The molecule has 0 atom stereocenters. The Kier molecular flexibility index (Phi) is 7.44. The Balaban J connectivity index is 1.48. The number of ether oxygens (including phenoxy) is 2. The number of rotatable bonds is 7. The molecule has 0 spiro atoms. The topological polar surface area (TPSA) is 59.6 Å². The molecule has 0 saturated carbocycles. The van der Waals surface area contributed by atoms with Crippen LogP contribution in [0.3, 0.4) is 0 Å². The molecule has 0 fully saturated rings. The molecule has 0 heterocycles. The summed E-state index contributed by atoms with van der Waals surface area (Å²) >= 11 is 11.1. The van der Waals surface area contributed by atoms with Crippen molar-refractivity contribution in [3.05, 3.63) is 89.4 Å². The summed E-state index contributed by atoms with van der Waals surface area (Å²) < 4.78 is 11.2. The van der Waals surface area contributed by atoms with Crippen molar-refractivity contribution in [3.63, 3.8) is 0 Å². The monoisotopic (exact) mass is 426 g/mol. The third kappa shape index (κ3) is 6.78. The fraction of sp³-hybridized carbons (Fsp3) is 0.0909. The van der Waals surface area contributed by atoms with Crippen molar-refractivity contribution < 1.29 is 14.3 Å². The maximum atomic E-state index is 12.4. The molecule has 0 saturated heterocycles. The second kappa shape index (κ2) is 10.5. The van der Waals surface area contributed by atoms with E-state index in [1.807, 2.05) is 30.3 Å². The second-order valence-electron chi connectivity index (χ2n) is 5.96. The zero-order valence-electron chi connectivity index (χ0n) is 15.4. The van der Waals surface area contributed by atoms with Crippen LogP contribution in [0.5, 0.6) is 11.5 Å². The summed E-state index contributed by atoms with van der Waals surface area (Å²) in [6, 6.07) is 23.4. The third-order valence-corrected chi connectivity index (χ3v) is 4.21. The molecule has 1 amide bonds. The van der Waals surface area contributed by atoms with Crippen LogP contribution >= 0.6 is 23.8 Å². The number of hydrogen-bond donors (Lipinski definition) is 2. The molecule has 0 aromatic heterocycles. The first kappa shape index (κ1) is 20.6. The predicted molar refractivity (Wildman–Crippen MR) is 119 cm³/mol. The van der Waals surface area contributed by atoms with Crippen molar-refractivity contribution in [1.29, 1.82) is 0 Å². The van der Waals surface area contributed by atoms with Crippen molar-refractivity contribution >= 4 is 40.5 Å². The zero-order chi connectivity index (χ0) is 20.5. The van der Waals surface area contributed by atoms with Crippen LogP contribution in [0.2, 0.25) is 5.02 Å². The van der Waals surface area contributed by atoms with Gasteiger partial charge in [0.2, 0.25) is 0 Å². The van der Waals surface area contributed by atoms with Crippen molar-refractivity contribution in [2.75, 3.05) is 18.5 Å². The molecule has 0 radical (unpaired) electrons. The van der Waals surface area contributed by atoms with Gasteiger partial charge in [-0.05, 0) is 60.7 Å². The van der Waals surface area contributed by atoms with Crippen LogP contribution in [-0.4, -0.2) is 24.2 Å². The van der Waals surface area contributed by atoms with Crippen molar-refractivity contribution in [2.24, 2.45) is 0 Å². The van der Waals surface area contributed by atoms with E-state index < -0.39 is 0 Å². The van der Waals surface area contributed by atoms with Crippen LogP contribution in [-0.2, 0) is 0 Å². The minimum Gasteiger partial charge on any atom is -0.490 e. The highest BCUT2D eigenvalue weighted by Gasteiger charge is 2.09. The second-order valence-corrected chi connectivity index (χ2v) is 6.80. The van der Waals surface area contributed by atoms with Gasteiger partial charge in [0.05, 0.1) is 0 Å². The fourth-order valence-corrected chi connectivity index (χ4v) is 2.87. The number of amides is 1. The lowest BCUT2D eigenvalue weighted by molar-refractivity contribution is 0.0977. The van der Waals surface area contributed by atoms with Gasteiger partial charge in [-0.25, -0.2) is 0 Å². The normalized spacial score (nSPS) is 10.1. The number of benzene rings is 3. The molecule has 2 N–H and O–H groups in total. The van der Waals surface area contributed by atoms with E-state index in [1.165, 1.54) is 0 Å². The average molecular weight is 427 g/mol. The maximum Gasteiger partial charge on any atom is 0.257 e. The van der Waals surface area contributed by atoms with Gasteiger partial charge in [-0.1, -0.05) is 41.9 Å². The fourth-order valence-electron chi connectivity index (χ4n) is 2.47.